The number of morpholine rings is 1. The lowest BCUT2D eigenvalue weighted by molar-refractivity contribution is 0.0730. The van der Waals surface area contributed by atoms with Gasteiger partial charge in [0, 0.05) is 30.2 Å². The largest absolute Gasteiger partial charge is 0.379 e. The topological polar surface area (TPSA) is 66.9 Å². The van der Waals surface area contributed by atoms with Crippen molar-refractivity contribution in [3.05, 3.63) is 58.4 Å². The minimum atomic E-state index is -3.74. The van der Waals surface area contributed by atoms with Crippen LogP contribution in [0, 0.1) is 5.82 Å². The Morgan fingerprint density at radius 2 is 1.86 bits per heavy atom. The highest BCUT2D eigenvalue weighted by atomic mass is 35.5. The summed E-state index contributed by atoms with van der Waals surface area (Å²) >= 11 is 6.20. The summed E-state index contributed by atoms with van der Waals surface area (Å²) in [7, 11) is -3.74. The molecule has 1 amide bonds. The number of halogens is 2. The van der Waals surface area contributed by atoms with Crippen molar-refractivity contribution in [1.29, 1.82) is 0 Å². The van der Waals surface area contributed by atoms with Gasteiger partial charge in [0.1, 0.15) is 5.82 Å². The van der Waals surface area contributed by atoms with Gasteiger partial charge in [-0.2, -0.15) is 4.31 Å². The van der Waals surface area contributed by atoms with Crippen LogP contribution in [0.5, 0.6) is 0 Å². The highest BCUT2D eigenvalue weighted by molar-refractivity contribution is 7.89. The maximum absolute atomic E-state index is 14.5. The van der Waals surface area contributed by atoms with E-state index in [0.717, 1.165) is 0 Å². The van der Waals surface area contributed by atoms with Crippen molar-refractivity contribution < 1.29 is 22.3 Å². The zero-order valence-electron chi connectivity index (χ0n) is 15.6. The summed E-state index contributed by atoms with van der Waals surface area (Å²) in [4.78, 5) is 14.6. The number of hydrogen-bond donors (Lipinski definition) is 0. The summed E-state index contributed by atoms with van der Waals surface area (Å²) in [6.45, 7) is 1.54. The molecule has 1 saturated heterocycles. The molecule has 2 aliphatic heterocycles. The molecule has 0 atom stereocenters. The molecule has 0 N–H and O–H groups in total. The number of rotatable bonds is 3. The smallest absolute Gasteiger partial charge is 0.258 e. The van der Waals surface area contributed by atoms with Crippen molar-refractivity contribution in [2.45, 2.75) is 17.7 Å². The van der Waals surface area contributed by atoms with E-state index in [0.29, 0.717) is 43.2 Å². The van der Waals surface area contributed by atoms with Gasteiger partial charge in [0.05, 0.1) is 23.8 Å². The number of carbonyl (C=O) groups excluding carboxylic acids is 1. The number of fused-ring (bicyclic) bond motifs is 1. The van der Waals surface area contributed by atoms with Crippen LogP contribution in [0.15, 0.2) is 41.3 Å². The molecular formula is C20H20ClFN2O4S. The summed E-state index contributed by atoms with van der Waals surface area (Å²) in [5.74, 6) is -0.972. The Morgan fingerprint density at radius 1 is 1.10 bits per heavy atom. The van der Waals surface area contributed by atoms with Crippen molar-refractivity contribution in [2.24, 2.45) is 0 Å². The number of benzene rings is 2. The Kier molecular flexibility index (Phi) is 5.61. The first-order chi connectivity index (χ1) is 13.9. The first kappa shape index (κ1) is 20.3. The number of anilines is 1. The van der Waals surface area contributed by atoms with Gasteiger partial charge in [0.2, 0.25) is 10.0 Å². The molecule has 0 unspecified atom stereocenters. The molecule has 154 valence electrons. The van der Waals surface area contributed by atoms with Gasteiger partial charge in [0.25, 0.3) is 5.91 Å². The molecule has 6 nitrogen and oxygen atoms in total. The number of ether oxygens (including phenoxy) is 1. The van der Waals surface area contributed by atoms with Gasteiger partial charge in [-0.3, -0.25) is 4.79 Å². The lowest BCUT2D eigenvalue weighted by Crippen LogP contribution is -2.40. The molecule has 2 aromatic carbocycles. The zero-order chi connectivity index (χ0) is 20.6. The second-order valence-electron chi connectivity index (χ2n) is 6.96. The number of carbonyl (C=O) groups is 1. The fourth-order valence-electron chi connectivity index (χ4n) is 3.72. The van der Waals surface area contributed by atoms with Crippen LogP contribution in [-0.4, -0.2) is 51.5 Å². The van der Waals surface area contributed by atoms with Crippen molar-refractivity contribution in [2.75, 3.05) is 37.7 Å². The maximum atomic E-state index is 14.5. The van der Waals surface area contributed by atoms with E-state index in [2.05, 4.69) is 0 Å². The molecule has 0 aromatic heterocycles. The molecule has 1 fully saturated rings. The minimum Gasteiger partial charge on any atom is -0.379 e. The Labute approximate surface area is 173 Å². The average molecular weight is 439 g/mol. The third-order valence-electron chi connectivity index (χ3n) is 5.19. The highest BCUT2D eigenvalue weighted by Gasteiger charge is 2.30. The third kappa shape index (κ3) is 3.77. The first-order valence-electron chi connectivity index (χ1n) is 9.36. The van der Waals surface area contributed by atoms with Crippen LogP contribution in [-0.2, 0) is 21.2 Å². The Hall–Kier alpha value is -2.00. The molecule has 0 spiro atoms. The zero-order valence-corrected chi connectivity index (χ0v) is 17.2. The second-order valence-corrected chi connectivity index (χ2v) is 9.31. The van der Waals surface area contributed by atoms with Crippen LogP contribution >= 0.6 is 11.6 Å². The van der Waals surface area contributed by atoms with E-state index in [-0.39, 0.29) is 29.2 Å². The van der Waals surface area contributed by atoms with Crippen LogP contribution in [0.1, 0.15) is 22.3 Å². The summed E-state index contributed by atoms with van der Waals surface area (Å²) in [5.41, 5.74) is 0.963. The molecule has 2 heterocycles. The fourth-order valence-corrected chi connectivity index (χ4v) is 5.42. The average Bonchev–Trinajstić information content (AvgIpc) is 2.76. The Bertz CT molecular complexity index is 1050. The molecule has 9 heteroatoms. The van der Waals surface area contributed by atoms with Crippen LogP contribution in [0.2, 0.25) is 5.02 Å². The standard InChI is InChI=1S/C20H20ClFN2O4S/c21-17-6-7-18(22)19-16(17)5-2-8-24(19)20(25)14-3-1-4-15(13-14)29(26,27)23-9-11-28-12-10-23/h1,3-4,6-7,13H,2,5,8-12H2. The monoisotopic (exact) mass is 438 g/mol. The van der Waals surface area contributed by atoms with Gasteiger partial charge >= 0.3 is 0 Å². The van der Waals surface area contributed by atoms with Crippen LogP contribution in [0.3, 0.4) is 0 Å². The van der Waals surface area contributed by atoms with E-state index in [4.69, 9.17) is 16.3 Å². The molecule has 0 radical (unpaired) electrons. The minimum absolute atomic E-state index is 0.0362. The van der Waals surface area contributed by atoms with Crippen LogP contribution < -0.4 is 4.90 Å². The quantitative estimate of drug-likeness (QED) is 0.738. The van der Waals surface area contributed by atoms with Gasteiger partial charge < -0.3 is 9.64 Å². The van der Waals surface area contributed by atoms with Crippen LogP contribution in [0.25, 0.3) is 0 Å². The van der Waals surface area contributed by atoms with E-state index >= 15 is 0 Å². The molecule has 4 rings (SSSR count). The van der Waals surface area contributed by atoms with E-state index < -0.39 is 21.7 Å². The molecule has 0 bridgehead atoms. The lowest BCUT2D eigenvalue weighted by Gasteiger charge is -2.30. The summed E-state index contributed by atoms with van der Waals surface area (Å²) in [6, 6.07) is 8.61. The first-order valence-corrected chi connectivity index (χ1v) is 11.2. The van der Waals surface area contributed by atoms with E-state index in [1.54, 1.807) is 0 Å². The van der Waals surface area contributed by atoms with Crippen molar-refractivity contribution >= 4 is 33.2 Å². The Balaban J connectivity index is 1.68. The number of sulfonamides is 1. The normalized spacial score (nSPS) is 17.8. The molecule has 0 aliphatic carbocycles. The van der Waals surface area contributed by atoms with Crippen molar-refractivity contribution in [1.82, 2.24) is 4.31 Å². The lowest BCUT2D eigenvalue weighted by atomic mass is 10.00. The van der Waals surface area contributed by atoms with E-state index in [1.807, 2.05) is 0 Å². The summed E-state index contributed by atoms with van der Waals surface area (Å²) in [6.07, 6.45) is 1.23. The maximum Gasteiger partial charge on any atom is 0.258 e. The SMILES string of the molecule is O=C(c1cccc(S(=O)(=O)N2CCOCC2)c1)N1CCCc2c(Cl)ccc(F)c21. The van der Waals surface area contributed by atoms with Gasteiger partial charge in [0.15, 0.2) is 0 Å². The predicted molar refractivity (Wildman–Crippen MR) is 107 cm³/mol. The van der Waals surface area contributed by atoms with Gasteiger partial charge in [-0.05, 0) is 48.7 Å². The summed E-state index contributed by atoms with van der Waals surface area (Å²) < 4.78 is 46.9. The Morgan fingerprint density at radius 3 is 2.62 bits per heavy atom. The van der Waals surface area contributed by atoms with Gasteiger partial charge in [-0.25, -0.2) is 12.8 Å². The molecule has 0 saturated carbocycles. The van der Waals surface area contributed by atoms with Gasteiger partial charge in [-0.15, -0.1) is 0 Å². The van der Waals surface area contributed by atoms with Crippen molar-refractivity contribution in [3.8, 4) is 0 Å². The predicted octanol–water partition coefficient (Wildman–Crippen LogP) is 3.09. The number of hydrogen-bond acceptors (Lipinski definition) is 4. The van der Waals surface area contributed by atoms with Crippen LogP contribution in [0.4, 0.5) is 10.1 Å². The molecule has 2 aromatic rings. The fraction of sp³-hybridized carbons (Fsp3) is 0.350. The number of nitrogens with zero attached hydrogens (tertiary/aromatic N) is 2. The van der Waals surface area contributed by atoms with Crippen molar-refractivity contribution in [3.63, 3.8) is 0 Å². The van der Waals surface area contributed by atoms with E-state index in [1.165, 1.54) is 45.6 Å². The molecule has 29 heavy (non-hydrogen) atoms. The molecule has 2 aliphatic rings. The number of amides is 1. The van der Waals surface area contributed by atoms with Gasteiger partial charge in [-0.1, -0.05) is 17.7 Å². The second kappa shape index (κ2) is 8.02. The highest BCUT2D eigenvalue weighted by Crippen LogP contribution is 2.36. The molecular weight excluding hydrogens is 419 g/mol. The van der Waals surface area contributed by atoms with E-state index in [9.17, 15) is 17.6 Å². The summed E-state index contributed by atoms with van der Waals surface area (Å²) in [5, 5.41) is 0.419. The third-order valence-corrected chi connectivity index (χ3v) is 7.44.